The fourth-order valence-electron chi connectivity index (χ4n) is 0.977. The Morgan fingerprint density at radius 3 is 2.79 bits per heavy atom. The van der Waals surface area contributed by atoms with Crippen LogP contribution in [0.5, 0.6) is 0 Å². The van der Waals surface area contributed by atoms with Crippen molar-refractivity contribution in [1.29, 1.82) is 0 Å². The molecule has 0 aliphatic heterocycles. The molecular weight excluding hydrogens is 202 g/mol. The summed E-state index contributed by atoms with van der Waals surface area (Å²) in [5, 5.41) is 19.2. The van der Waals surface area contributed by atoms with E-state index in [2.05, 4.69) is 0 Å². The molecule has 0 saturated heterocycles. The molecule has 1 rings (SSSR count). The van der Waals surface area contributed by atoms with Gasteiger partial charge in [0.05, 0.1) is 9.82 Å². The largest absolute Gasteiger partial charge is 0.396 e. The predicted octanol–water partition coefficient (Wildman–Crippen LogP) is 2.07. The molecule has 0 amide bonds. The Bertz CT molecular complexity index is 317. The number of aliphatic hydroxyl groups excluding tert-OH is 1. The standard InChI is InChI=1S/C9H11NO3S/c11-6-3-7-14-9-5-2-1-4-8(9)10(12)13/h1-2,4-5,11H,3,6-7H2. The predicted molar refractivity (Wildman–Crippen MR) is 55.5 cm³/mol. The van der Waals surface area contributed by atoms with Crippen LogP contribution in [0.1, 0.15) is 6.42 Å². The van der Waals surface area contributed by atoms with E-state index in [-0.39, 0.29) is 17.2 Å². The van der Waals surface area contributed by atoms with Crippen molar-refractivity contribution in [2.45, 2.75) is 11.3 Å². The molecule has 0 spiro atoms. The monoisotopic (exact) mass is 213 g/mol. The Balaban J connectivity index is 2.69. The summed E-state index contributed by atoms with van der Waals surface area (Å²) in [7, 11) is 0. The lowest BCUT2D eigenvalue weighted by molar-refractivity contribution is -0.387. The van der Waals surface area contributed by atoms with Gasteiger partial charge in [0.2, 0.25) is 0 Å². The first-order chi connectivity index (χ1) is 6.75. The third-order valence-electron chi connectivity index (χ3n) is 1.62. The van der Waals surface area contributed by atoms with Gasteiger partial charge in [0.1, 0.15) is 0 Å². The molecule has 0 aliphatic carbocycles. The molecule has 1 aromatic carbocycles. The van der Waals surface area contributed by atoms with E-state index in [1.54, 1.807) is 18.2 Å². The molecule has 0 saturated carbocycles. The minimum absolute atomic E-state index is 0.119. The number of nitro groups is 1. The van der Waals surface area contributed by atoms with Gasteiger partial charge in [-0.05, 0) is 12.5 Å². The molecule has 0 atom stereocenters. The lowest BCUT2D eigenvalue weighted by atomic mass is 10.3. The van der Waals surface area contributed by atoms with Gasteiger partial charge >= 0.3 is 0 Å². The topological polar surface area (TPSA) is 63.4 Å². The SMILES string of the molecule is O=[N+]([O-])c1ccccc1SCCCO. The zero-order chi connectivity index (χ0) is 10.4. The Morgan fingerprint density at radius 2 is 2.14 bits per heavy atom. The fraction of sp³-hybridized carbons (Fsp3) is 0.333. The van der Waals surface area contributed by atoms with E-state index in [9.17, 15) is 10.1 Å². The fourth-order valence-corrected chi connectivity index (χ4v) is 1.94. The van der Waals surface area contributed by atoms with E-state index in [0.717, 1.165) is 0 Å². The number of hydrogen-bond acceptors (Lipinski definition) is 4. The van der Waals surface area contributed by atoms with Crippen molar-refractivity contribution in [3.63, 3.8) is 0 Å². The number of nitro benzene ring substituents is 1. The highest BCUT2D eigenvalue weighted by atomic mass is 32.2. The Morgan fingerprint density at radius 1 is 1.43 bits per heavy atom. The number of hydrogen-bond donors (Lipinski definition) is 1. The van der Waals surface area contributed by atoms with Gasteiger partial charge < -0.3 is 5.11 Å². The first-order valence-electron chi connectivity index (χ1n) is 4.23. The van der Waals surface area contributed by atoms with Gasteiger partial charge in [-0.2, -0.15) is 0 Å². The smallest absolute Gasteiger partial charge is 0.282 e. The van der Waals surface area contributed by atoms with Crippen molar-refractivity contribution in [1.82, 2.24) is 0 Å². The molecule has 0 heterocycles. The van der Waals surface area contributed by atoms with Crippen LogP contribution in [0.25, 0.3) is 0 Å². The third kappa shape index (κ3) is 3.01. The summed E-state index contributed by atoms with van der Waals surface area (Å²) >= 11 is 1.40. The zero-order valence-corrected chi connectivity index (χ0v) is 8.37. The van der Waals surface area contributed by atoms with E-state index in [4.69, 9.17) is 5.11 Å². The molecule has 1 aromatic rings. The van der Waals surface area contributed by atoms with Crippen LogP contribution < -0.4 is 0 Å². The number of para-hydroxylation sites is 1. The van der Waals surface area contributed by atoms with Gasteiger partial charge in [-0.15, -0.1) is 11.8 Å². The second-order valence-corrected chi connectivity index (χ2v) is 3.79. The number of aliphatic hydroxyl groups is 1. The van der Waals surface area contributed by atoms with Gasteiger partial charge in [0.15, 0.2) is 0 Å². The average molecular weight is 213 g/mol. The highest BCUT2D eigenvalue weighted by Crippen LogP contribution is 2.28. The minimum atomic E-state index is -0.388. The first-order valence-corrected chi connectivity index (χ1v) is 5.21. The normalized spacial score (nSPS) is 10.1. The summed E-state index contributed by atoms with van der Waals surface area (Å²) in [6.45, 7) is 0.119. The van der Waals surface area contributed by atoms with Crippen LogP contribution in [0.2, 0.25) is 0 Å². The quantitative estimate of drug-likeness (QED) is 0.352. The molecular formula is C9H11NO3S. The van der Waals surface area contributed by atoms with E-state index >= 15 is 0 Å². The van der Waals surface area contributed by atoms with Crippen LogP contribution in [-0.4, -0.2) is 22.4 Å². The first kappa shape index (κ1) is 11.0. The molecule has 4 nitrogen and oxygen atoms in total. The Kier molecular flexibility index (Phi) is 4.42. The van der Waals surface area contributed by atoms with Crippen LogP contribution in [0.3, 0.4) is 0 Å². The highest BCUT2D eigenvalue weighted by molar-refractivity contribution is 7.99. The van der Waals surface area contributed by atoms with E-state index < -0.39 is 0 Å². The lowest BCUT2D eigenvalue weighted by Crippen LogP contribution is -1.91. The summed E-state index contributed by atoms with van der Waals surface area (Å²) < 4.78 is 0. The molecule has 5 heteroatoms. The molecule has 0 unspecified atom stereocenters. The molecule has 0 fully saturated rings. The van der Waals surface area contributed by atoms with E-state index in [1.807, 2.05) is 0 Å². The van der Waals surface area contributed by atoms with Gasteiger partial charge in [0.25, 0.3) is 5.69 Å². The maximum atomic E-state index is 10.6. The van der Waals surface area contributed by atoms with E-state index in [0.29, 0.717) is 17.1 Å². The van der Waals surface area contributed by atoms with Crippen molar-refractivity contribution < 1.29 is 10.0 Å². The van der Waals surface area contributed by atoms with Crippen molar-refractivity contribution in [3.05, 3.63) is 34.4 Å². The number of thioether (sulfide) groups is 1. The van der Waals surface area contributed by atoms with Gasteiger partial charge in [0, 0.05) is 18.4 Å². The zero-order valence-electron chi connectivity index (χ0n) is 7.55. The van der Waals surface area contributed by atoms with Crippen molar-refractivity contribution >= 4 is 17.4 Å². The average Bonchev–Trinajstić information content (AvgIpc) is 2.19. The summed E-state index contributed by atoms with van der Waals surface area (Å²) in [5.74, 6) is 0.696. The third-order valence-corrected chi connectivity index (χ3v) is 2.77. The van der Waals surface area contributed by atoms with Crippen molar-refractivity contribution in [2.75, 3.05) is 12.4 Å². The van der Waals surface area contributed by atoms with Gasteiger partial charge in [-0.3, -0.25) is 10.1 Å². The number of rotatable bonds is 5. The van der Waals surface area contributed by atoms with Crippen LogP contribution >= 0.6 is 11.8 Å². The molecule has 0 aromatic heterocycles. The number of nitrogens with zero attached hydrogens (tertiary/aromatic N) is 1. The molecule has 0 bridgehead atoms. The van der Waals surface area contributed by atoms with Crippen LogP contribution in [-0.2, 0) is 0 Å². The number of benzene rings is 1. The summed E-state index contributed by atoms with van der Waals surface area (Å²) in [6, 6.07) is 6.63. The summed E-state index contributed by atoms with van der Waals surface area (Å²) in [6.07, 6.45) is 0.650. The second kappa shape index (κ2) is 5.62. The molecule has 0 radical (unpaired) electrons. The van der Waals surface area contributed by atoms with Crippen LogP contribution in [0, 0.1) is 10.1 Å². The second-order valence-electron chi connectivity index (χ2n) is 2.65. The summed E-state index contributed by atoms with van der Waals surface area (Å²) in [5.41, 5.74) is 0.135. The lowest BCUT2D eigenvalue weighted by Gasteiger charge is -2.00. The Labute approximate surface area is 86.1 Å². The molecule has 1 N–H and O–H groups in total. The van der Waals surface area contributed by atoms with Gasteiger partial charge in [-0.25, -0.2) is 0 Å². The van der Waals surface area contributed by atoms with Crippen LogP contribution in [0.4, 0.5) is 5.69 Å². The molecule has 76 valence electrons. The van der Waals surface area contributed by atoms with Crippen molar-refractivity contribution in [3.8, 4) is 0 Å². The summed E-state index contributed by atoms with van der Waals surface area (Å²) in [4.78, 5) is 10.9. The van der Waals surface area contributed by atoms with Gasteiger partial charge in [-0.1, -0.05) is 12.1 Å². The Hall–Kier alpha value is -1.07. The maximum absolute atomic E-state index is 10.6. The maximum Gasteiger partial charge on any atom is 0.282 e. The van der Waals surface area contributed by atoms with Crippen molar-refractivity contribution in [2.24, 2.45) is 0 Å². The van der Waals surface area contributed by atoms with Crippen LogP contribution in [0.15, 0.2) is 29.2 Å². The van der Waals surface area contributed by atoms with E-state index in [1.165, 1.54) is 17.8 Å². The highest BCUT2D eigenvalue weighted by Gasteiger charge is 2.11. The minimum Gasteiger partial charge on any atom is -0.396 e. The molecule has 0 aliphatic rings. The molecule has 14 heavy (non-hydrogen) atoms.